The van der Waals surface area contributed by atoms with Crippen molar-refractivity contribution < 1.29 is 4.79 Å². The van der Waals surface area contributed by atoms with Gasteiger partial charge in [-0.25, -0.2) is 0 Å². The molecule has 5 rings (SSSR count). The van der Waals surface area contributed by atoms with Crippen LogP contribution in [0.3, 0.4) is 0 Å². The van der Waals surface area contributed by atoms with E-state index in [1.165, 1.54) is 31.5 Å². The van der Waals surface area contributed by atoms with Crippen LogP contribution in [0.5, 0.6) is 0 Å². The minimum atomic E-state index is -0.0599. The van der Waals surface area contributed by atoms with E-state index < -0.39 is 0 Å². The molecule has 1 amide bonds. The lowest BCUT2D eigenvalue weighted by Crippen LogP contribution is -2.58. The lowest BCUT2D eigenvalue weighted by molar-refractivity contribution is -0.136. The predicted molar refractivity (Wildman–Crippen MR) is 79.5 cm³/mol. The van der Waals surface area contributed by atoms with Crippen LogP contribution in [0.4, 0.5) is 0 Å². The minimum absolute atomic E-state index is 0.0599. The van der Waals surface area contributed by atoms with Gasteiger partial charge in [0.1, 0.15) is 6.17 Å². The van der Waals surface area contributed by atoms with Crippen molar-refractivity contribution in [2.24, 2.45) is 5.92 Å². The molecule has 0 saturated carbocycles. The number of nitrogens with zero attached hydrogens (tertiary/aromatic N) is 2. The normalized spacial score (nSPS) is 40.5. The topological polar surface area (TPSA) is 35.6 Å². The van der Waals surface area contributed by atoms with Crippen LogP contribution < -0.4 is 5.32 Å². The molecule has 1 N–H and O–H groups in total. The van der Waals surface area contributed by atoms with E-state index >= 15 is 0 Å². The number of rotatable bonds is 2. The maximum atomic E-state index is 12.6. The van der Waals surface area contributed by atoms with Gasteiger partial charge < -0.3 is 9.80 Å². The Kier molecular flexibility index (Phi) is 3.09. The smallest absolute Gasteiger partial charge is 0.241 e. The van der Waals surface area contributed by atoms with Gasteiger partial charge in [0.2, 0.25) is 5.91 Å². The molecule has 1 aromatic heterocycles. The first-order valence-electron chi connectivity index (χ1n) is 7.57. The highest BCUT2D eigenvalue weighted by atomic mass is 32.1. The van der Waals surface area contributed by atoms with Crippen molar-refractivity contribution in [1.82, 2.24) is 15.1 Å². The second-order valence-electron chi connectivity index (χ2n) is 6.30. The van der Waals surface area contributed by atoms with Crippen molar-refractivity contribution in [2.45, 2.75) is 38.0 Å². The average molecular weight is 291 g/mol. The molecule has 20 heavy (non-hydrogen) atoms. The van der Waals surface area contributed by atoms with Gasteiger partial charge in [-0.15, -0.1) is 0 Å². The maximum Gasteiger partial charge on any atom is 0.241 e. The molecule has 0 aromatic carbocycles. The molecule has 0 radical (unpaired) electrons. The van der Waals surface area contributed by atoms with Gasteiger partial charge in [0.05, 0.1) is 6.04 Å². The number of thiophene rings is 1. The minimum Gasteiger partial charge on any atom is -0.317 e. The first-order valence-corrected chi connectivity index (χ1v) is 8.51. The SMILES string of the molecule is CC1NC(c2ccsc2)N(C2CN3CCC2CC3)C1=O. The number of carbonyl (C=O) groups excluding carboxylic acids is 1. The van der Waals surface area contributed by atoms with Crippen LogP contribution in [-0.4, -0.2) is 47.4 Å². The molecule has 0 spiro atoms. The van der Waals surface area contributed by atoms with Gasteiger partial charge >= 0.3 is 0 Å². The molecule has 4 aliphatic rings. The first kappa shape index (κ1) is 12.8. The lowest BCUT2D eigenvalue weighted by atomic mass is 9.83. The quantitative estimate of drug-likeness (QED) is 0.900. The molecule has 4 fully saturated rings. The van der Waals surface area contributed by atoms with Crippen LogP contribution in [0.1, 0.15) is 31.5 Å². The Hall–Kier alpha value is -0.910. The zero-order valence-corrected chi connectivity index (χ0v) is 12.6. The second-order valence-corrected chi connectivity index (χ2v) is 7.08. The Morgan fingerprint density at radius 1 is 1.35 bits per heavy atom. The van der Waals surface area contributed by atoms with E-state index in [0.717, 1.165) is 6.54 Å². The molecule has 4 nitrogen and oxygen atoms in total. The van der Waals surface area contributed by atoms with Crippen LogP contribution in [0, 0.1) is 5.92 Å². The highest BCUT2D eigenvalue weighted by Gasteiger charge is 2.47. The molecular formula is C15H21N3OS. The van der Waals surface area contributed by atoms with Crippen LogP contribution >= 0.6 is 11.3 Å². The average Bonchev–Trinajstić information content (AvgIpc) is 3.10. The standard InChI is InChI=1S/C15H21N3OS/c1-10-15(19)18(14(16-10)12-4-7-20-9-12)13-8-17-5-2-11(13)3-6-17/h4,7,9-11,13-14,16H,2-3,5-6,8H2,1H3. The van der Waals surface area contributed by atoms with Gasteiger partial charge in [-0.1, -0.05) is 0 Å². The fourth-order valence-electron chi connectivity index (χ4n) is 4.03. The number of carbonyl (C=O) groups is 1. The Morgan fingerprint density at radius 2 is 2.15 bits per heavy atom. The van der Waals surface area contributed by atoms with E-state index in [9.17, 15) is 4.79 Å². The molecular weight excluding hydrogens is 270 g/mol. The number of hydrogen-bond donors (Lipinski definition) is 1. The van der Waals surface area contributed by atoms with Crippen LogP contribution in [-0.2, 0) is 4.79 Å². The predicted octanol–water partition coefficient (Wildman–Crippen LogP) is 1.66. The largest absolute Gasteiger partial charge is 0.317 e. The van der Waals surface area contributed by atoms with Gasteiger partial charge in [-0.3, -0.25) is 10.1 Å². The molecule has 108 valence electrons. The summed E-state index contributed by atoms with van der Waals surface area (Å²) >= 11 is 1.70. The Labute approximate surface area is 123 Å². The summed E-state index contributed by atoms with van der Waals surface area (Å²) in [6.45, 7) is 5.49. The highest BCUT2D eigenvalue weighted by molar-refractivity contribution is 7.07. The van der Waals surface area contributed by atoms with Gasteiger partial charge in [0.25, 0.3) is 0 Å². The van der Waals surface area contributed by atoms with Crippen LogP contribution in [0.15, 0.2) is 16.8 Å². The third-order valence-electron chi connectivity index (χ3n) is 5.15. The summed E-state index contributed by atoms with van der Waals surface area (Å²) < 4.78 is 0. The van der Waals surface area contributed by atoms with Crippen molar-refractivity contribution >= 4 is 17.2 Å². The van der Waals surface area contributed by atoms with Gasteiger partial charge in [-0.05, 0) is 61.2 Å². The fourth-order valence-corrected chi connectivity index (χ4v) is 4.71. The van der Waals surface area contributed by atoms with Crippen molar-refractivity contribution in [2.75, 3.05) is 19.6 Å². The number of piperidine rings is 3. The van der Waals surface area contributed by atoms with Crippen LogP contribution in [0.25, 0.3) is 0 Å². The zero-order valence-electron chi connectivity index (χ0n) is 11.8. The maximum absolute atomic E-state index is 12.6. The summed E-state index contributed by atoms with van der Waals surface area (Å²) in [6, 6.07) is 2.48. The molecule has 1 aromatic rings. The first-order chi connectivity index (χ1) is 9.74. The molecule has 0 aliphatic carbocycles. The molecule has 2 bridgehead atoms. The summed E-state index contributed by atoms with van der Waals surface area (Å²) in [7, 11) is 0. The Balaban J connectivity index is 1.65. The van der Waals surface area contributed by atoms with E-state index in [2.05, 4.69) is 31.9 Å². The van der Waals surface area contributed by atoms with E-state index in [4.69, 9.17) is 0 Å². The van der Waals surface area contributed by atoms with E-state index in [1.807, 2.05) is 6.92 Å². The van der Waals surface area contributed by atoms with E-state index in [0.29, 0.717) is 12.0 Å². The summed E-state index contributed by atoms with van der Waals surface area (Å²) in [4.78, 5) is 17.3. The summed E-state index contributed by atoms with van der Waals surface area (Å²) in [5.74, 6) is 0.970. The zero-order chi connectivity index (χ0) is 13.7. The Bertz CT molecular complexity index is 495. The lowest BCUT2D eigenvalue weighted by Gasteiger charge is -2.49. The fraction of sp³-hybridized carbons (Fsp3) is 0.667. The number of hydrogen-bond acceptors (Lipinski definition) is 4. The molecule has 3 atom stereocenters. The molecule has 3 unspecified atom stereocenters. The monoisotopic (exact) mass is 291 g/mol. The third kappa shape index (κ3) is 1.91. The van der Waals surface area contributed by atoms with Gasteiger partial charge in [0, 0.05) is 12.6 Å². The Morgan fingerprint density at radius 3 is 2.75 bits per heavy atom. The number of fused-ring (bicyclic) bond motifs is 3. The molecule has 5 heteroatoms. The highest BCUT2D eigenvalue weighted by Crippen LogP contribution is 2.37. The summed E-state index contributed by atoms with van der Waals surface area (Å²) in [5.41, 5.74) is 1.24. The van der Waals surface area contributed by atoms with E-state index in [1.54, 1.807) is 11.3 Å². The van der Waals surface area contributed by atoms with Crippen molar-refractivity contribution in [3.8, 4) is 0 Å². The number of amides is 1. The summed E-state index contributed by atoms with van der Waals surface area (Å²) in [6.07, 6.45) is 2.58. The second kappa shape index (κ2) is 4.83. The van der Waals surface area contributed by atoms with Crippen molar-refractivity contribution in [3.63, 3.8) is 0 Å². The molecule has 4 saturated heterocycles. The van der Waals surface area contributed by atoms with E-state index in [-0.39, 0.29) is 18.1 Å². The van der Waals surface area contributed by atoms with Crippen molar-refractivity contribution in [1.29, 1.82) is 0 Å². The van der Waals surface area contributed by atoms with Gasteiger partial charge in [-0.2, -0.15) is 11.3 Å². The van der Waals surface area contributed by atoms with Crippen molar-refractivity contribution in [3.05, 3.63) is 22.4 Å². The summed E-state index contributed by atoms with van der Waals surface area (Å²) in [5, 5.41) is 7.74. The number of nitrogens with one attached hydrogen (secondary N) is 1. The molecule has 4 aliphatic heterocycles. The van der Waals surface area contributed by atoms with Gasteiger partial charge in [0.15, 0.2) is 0 Å². The molecule has 5 heterocycles. The third-order valence-corrected chi connectivity index (χ3v) is 5.85. The van der Waals surface area contributed by atoms with Crippen LogP contribution in [0.2, 0.25) is 0 Å².